The van der Waals surface area contributed by atoms with Gasteiger partial charge in [-0.15, -0.1) is 11.8 Å². The summed E-state index contributed by atoms with van der Waals surface area (Å²) in [5.74, 6) is 0.981. The molecule has 1 unspecified atom stereocenters. The van der Waals surface area contributed by atoms with Crippen molar-refractivity contribution >= 4 is 11.8 Å². The number of para-hydroxylation sites is 1. The lowest BCUT2D eigenvalue weighted by Gasteiger charge is -2.16. The molecule has 0 heterocycles. The van der Waals surface area contributed by atoms with Gasteiger partial charge in [0.25, 0.3) is 0 Å². The zero-order valence-corrected chi connectivity index (χ0v) is 10.2. The van der Waals surface area contributed by atoms with Gasteiger partial charge >= 0.3 is 0 Å². The molecular formula is C12H19NOS. The molecule has 2 N–H and O–H groups in total. The lowest BCUT2D eigenvalue weighted by Crippen LogP contribution is -2.14. The van der Waals surface area contributed by atoms with Crippen molar-refractivity contribution in [3.8, 4) is 5.75 Å². The molecule has 2 nitrogen and oxygen atoms in total. The molecule has 1 aromatic rings. The predicted molar refractivity (Wildman–Crippen MR) is 66.6 cm³/mol. The second kappa shape index (κ2) is 6.75. The van der Waals surface area contributed by atoms with E-state index in [1.807, 2.05) is 18.2 Å². The summed E-state index contributed by atoms with van der Waals surface area (Å²) in [6.45, 7) is 2.82. The maximum atomic E-state index is 5.86. The quantitative estimate of drug-likeness (QED) is 0.756. The largest absolute Gasteiger partial charge is 0.490 e. The van der Waals surface area contributed by atoms with E-state index in [1.54, 1.807) is 11.8 Å². The van der Waals surface area contributed by atoms with Gasteiger partial charge in [0.05, 0.1) is 6.10 Å². The Morgan fingerprint density at radius 2 is 2.13 bits per heavy atom. The average molecular weight is 225 g/mol. The van der Waals surface area contributed by atoms with Crippen LogP contribution in [-0.4, -0.2) is 18.9 Å². The van der Waals surface area contributed by atoms with E-state index in [0.717, 1.165) is 25.1 Å². The van der Waals surface area contributed by atoms with Crippen molar-refractivity contribution in [1.82, 2.24) is 0 Å². The first kappa shape index (κ1) is 12.4. The Bertz CT molecular complexity index is 291. The SMILES string of the molecule is CSc1ccccc1OC(C)CCCN. The van der Waals surface area contributed by atoms with Crippen LogP contribution in [0.25, 0.3) is 0 Å². The van der Waals surface area contributed by atoms with Gasteiger partial charge in [0.15, 0.2) is 0 Å². The topological polar surface area (TPSA) is 35.2 Å². The third kappa shape index (κ3) is 4.14. The molecule has 0 aliphatic rings. The van der Waals surface area contributed by atoms with Crippen LogP contribution in [0.1, 0.15) is 19.8 Å². The van der Waals surface area contributed by atoms with Crippen LogP contribution in [0.4, 0.5) is 0 Å². The second-order valence-corrected chi connectivity index (χ2v) is 4.36. The van der Waals surface area contributed by atoms with E-state index in [9.17, 15) is 0 Å². The molecule has 0 saturated heterocycles. The minimum absolute atomic E-state index is 0.238. The van der Waals surface area contributed by atoms with Crippen molar-refractivity contribution in [2.24, 2.45) is 5.73 Å². The fraction of sp³-hybridized carbons (Fsp3) is 0.500. The van der Waals surface area contributed by atoms with Crippen molar-refractivity contribution < 1.29 is 4.74 Å². The lowest BCUT2D eigenvalue weighted by molar-refractivity contribution is 0.204. The molecule has 1 atom stereocenters. The Balaban J connectivity index is 2.55. The highest BCUT2D eigenvalue weighted by Gasteiger charge is 2.06. The summed E-state index contributed by atoms with van der Waals surface area (Å²) in [5, 5.41) is 0. The van der Waals surface area contributed by atoms with E-state index in [0.29, 0.717) is 0 Å². The zero-order chi connectivity index (χ0) is 11.1. The van der Waals surface area contributed by atoms with Gasteiger partial charge in [-0.05, 0) is 44.7 Å². The summed E-state index contributed by atoms with van der Waals surface area (Å²) in [5.41, 5.74) is 5.47. The first-order valence-electron chi connectivity index (χ1n) is 5.27. The standard InChI is InChI=1S/C12H19NOS/c1-10(6-5-9-13)14-11-7-3-4-8-12(11)15-2/h3-4,7-8,10H,5-6,9,13H2,1-2H3. The molecule has 0 saturated carbocycles. The monoisotopic (exact) mass is 225 g/mol. The Kier molecular flexibility index (Phi) is 5.58. The van der Waals surface area contributed by atoms with Crippen LogP contribution < -0.4 is 10.5 Å². The van der Waals surface area contributed by atoms with Gasteiger partial charge in [-0.2, -0.15) is 0 Å². The molecular weight excluding hydrogens is 206 g/mol. The zero-order valence-electron chi connectivity index (χ0n) is 9.40. The number of benzene rings is 1. The van der Waals surface area contributed by atoms with Crippen molar-refractivity contribution in [1.29, 1.82) is 0 Å². The first-order valence-corrected chi connectivity index (χ1v) is 6.50. The minimum Gasteiger partial charge on any atom is -0.490 e. The molecule has 0 bridgehead atoms. The normalized spacial score (nSPS) is 12.5. The van der Waals surface area contributed by atoms with Crippen LogP contribution in [0.15, 0.2) is 29.2 Å². The molecule has 0 aliphatic carbocycles. The molecule has 84 valence electrons. The highest BCUT2D eigenvalue weighted by atomic mass is 32.2. The minimum atomic E-state index is 0.238. The van der Waals surface area contributed by atoms with Crippen LogP contribution in [0, 0.1) is 0 Å². The lowest BCUT2D eigenvalue weighted by atomic mass is 10.2. The summed E-state index contributed by atoms with van der Waals surface area (Å²) in [7, 11) is 0. The van der Waals surface area contributed by atoms with E-state index < -0.39 is 0 Å². The summed E-state index contributed by atoms with van der Waals surface area (Å²) in [6, 6.07) is 8.13. The van der Waals surface area contributed by atoms with Gasteiger partial charge in [0.1, 0.15) is 5.75 Å². The molecule has 0 spiro atoms. The summed E-state index contributed by atoms with van der Waals surface area (Å²) < 4.78 is 5.86. The maximum absolute atomic E-state index is 5.86. The Morgan fingerprint density at radius 3 is 2.80 bits per heavy atom. The predicted octanol–water partition coefficient (Wildman–Crippen LogP) is 2.91. The van der Waals surface area contributed by atoms with Gasteiger partial charge in [0.2, 0.25) is 0 Å². The summed E-state index contributed by atoms with van der Waals surface area (Å²) >= 11 is 1.71. The molecule has 0 amide bonds. The van der Waals surface area contributed by atoms with Gasteiger partial charge < -0.3 is 10.5 Å². The molecule has 0 aromatic heterocycles. The van der Waals surface area contributed by atoms with Gasteiger partial charge in [-0.3, -0.25) is 0 Å². The Morgan fingerprint density at radius 1 is 1.40 bits per heavy atom. The molecule has 1 aromatic carbocycles. The third-order valence-electron chi connectivity index (χ3n) is 2.21. The van der Waals surface area contributed by atoms with E-state index in [1.165, 1.54) is 4.90 Å². The fourth-order valence-corrected chi connectivity index (χ4v) is 1.93. The van der Waals surface area contributed by atoms with Crippen molar-refractivity contribution in [3.63, 3.8) is 0 Å². The van der Waals surface area contributed by atoms with E-state index in [4.69, 9.17) is 10.5 Å². The summed E-state index contributed by atoms with van der Waals surface area (Å²) in [4.78, 5) is 1.19. The number of ether oxygens (including phenoxy) is 1. The van der Waals surface area contributed by atoms with Gasteiger partial charge in [-0.1, -0.05) is 12.1 Å². The number of hydrogen-bond donors (Lipinski definition) is 1. The second-order valence-electron chi connectivity index (χ2n) is 3.51. The Hall–Kier alpha value is -0.670. The van der Waals surface area contributed by atoms with Crippen LogP contribution in [0.3, 0.4) is 0 Å². The molecule has 0 aliphatic heterocycles. The average Bonchev–Trinajstić information content (AvgIpc) is 2.27. The van der Waals surface area contributed by atoms with Crippen LogP contribution >= 0.6 is 11.8 Å². The number of thioether (sulfide) groups is 1. The highest BCUT2D eigenvalue weighted by molar-refractivity contribution is 7.98. The van der Waals surface area contributed by atoms with Crippen LogP contribution in [-0.2, 0) is 0 Å². The third-order valence-corrected chi connectivity index (χ3v) is 2.99. The van der Waals surface area contributed by atoms with E-state index >= 15 is 0 Å². The van der Waals surface area contributed by atoms with Crippen molar-refractivity contribution in [2.45, 2.75) is 30.8 Å². The van der Waals surface area contributed by atoms with Gasteiger partial charge in [0, 0.05) is 4.90 Å². The molecule has 1 rings (SSSR count). The summed E-state index contributed by atoms with van der Waals surface area (Å²) in [6.07, 6.45) is 4.33. The first-order chi connectivity index (χ1) is 7.27. The maximum Gasteiger partial charge on any atom is 0.133 e. The van der Waals surface area contributed by atoms with Crippen LogP contribution in [0.5, 0.6) is 5.75 Å². The molecule has 0 fully saturated rings. The van der Waals surface area contributed by atoms with E-state index in [2.05, 4.69) is 19.2 Å². The number of hydrogen-bond acceptors (Lipinski definition) is 3. The van der Waals surface area contributed by atoms with Crippen LogP contribution in [0.2, 0.25) is 0 Å². The smallest absolute Gasteiger partial charge is 0.133 e. The van der Waals surface area contributed by atoms with E-state index in [-0.39, 0.29) is 6.10 Å². The van der Waals surface area contributed by atoms with Gasteiger partial charge in [-0.25, -0.2) is 0 Å². The Labute approximate surface area is 96.2 Å². The molecule has 0 radical (unpaired) electrons. The highest BCUT2D eigenvalue weighted by Crippen LogP contribution is 2.28. The molecule has 3 heteroatoms. The number of nitrogens with two attached hydrogens (primary N) is 1. The van der Waals surface area contributed by atoms with Crippen molar-refractivity contribution in [2.75, 3.05) is 12.8 Å². The number of rotatable bonds is 6. The van der Waals surface area contributed by atoms with Crippen molar-refractivity contribution in [3.05, 3.63) is 24.3 Å². The molecule has 15 heavy (non-hydrogen) atoms. The fourth-order valence-electron chi connectivity index (χ4n) is 1.40.